The summed E-state index contributed by atoms with van der Waals surface area (Å²) in [6, 6.07) is 10.3. The fraction of sp³-hybridized carbons (Fsp3) is 0.391. The fourth-order valence-electron chi connectivity index (χ4n) is 4.04. The van der Waals surface area contributed by atoms with E-state index >= 15 is 0 Å². The van der Waals surface area contributed by atoms with Crippen molar-refractivity contribution < 1.29 is 18.7 Å². The largest absolute Gasteiger partial charge is 0.467 e. The van der Waals surface area contributed by atoms with Crippen molar-refractivity contribution in [2.24, 2.45) is 0 Å². The van der Waals surface area contributed by atoms with Crippen LogP contribution in [0.5, 0.6) is 0 Å². The van der Waals surface area contributed by atoms with Crippen LogP contribution < -0.4 is 10.6 Å². The molecule has 1 unspecified atom stereocenters. The van der Waals surface area contributed by atoms with E-state index in [4.69, 9.17) is 20.8 Å². The number of nitrogens with zero attached hydrogens (tertiary/aromatic N) is 2. The Kier molecular flexibility index (Phi) is 7.14. The van der Waals surface area contributed by atoms with E-state index in [1.807, 2.05) is 24.3 Å². The fourth-order valence-corrected chi connectivity index (χ4v) is 4.16. The zero-order valence-corrected chi connectivity index (χ0v) is 18.7. The van der Waals surface area contributed by atoms with E-state index in [0.29, 0.717) is 23.6 Å². The van der Waals surface area contributed by atoms with Gasteiger partial charge in [0.15, 0.2) is 0 Å². The Bertz CT molecular complexity index is 966. The number of carbonyl (C=O) groups is 2. The van der Waals surface area contributed by atoms with Gasteiger partial charge in [0.1, 0.15) is 11.8 Å². The van der Waals surface area contributed by atoms with Crippen LogP contribution >= 0.6 is 11.6 Å². The van der Waals surface area contributed by atoms with Crippen molar-refractivity contribution in [3.05, 3.63) is 70.3 Å². The van der Waals surface area contributed by atoms with Gasteiger partial charge in [-0.15, -0.1) is 0 Å². The molecule has 2 amide bonds. The molecule has 2 aliphatic rings. The van der Waals surface area contributed by atoms with Gasteiger partial charge in [0, 0.05) is 50.0 Å². The van der Waals surface area contributed by atoms with Crippen molar-refractivity contribution in [1.29, 1.82) is 0 Å². The van der Waals surface area contributed by atoms with Crippen molar-refractivity contribution in [1.82, 2.24) is 20.4 Å². The van der Waals surface area contributed by atoms with E-state index in [9.17, 15) is 9.59 Å². The molecular weight excluding hydrogens is 432 g/mol. The lowest BCUT2D eigenvalue weighted by Crippen LogP contribution is -2.51. The standard InChI is InChI=1S/C23H27ClN4O4/c1-2-31-22(29)20-18(25-23(30)26-21(20)19-4-3-13-32-19)15-28-11-9-27(10-12-28)14-16-5-7-17(24)8-6-16/h3-8,13,21H,2,9-12,14-15H2,1H3,(H2,25,26,30). The first-order valence-electron chi connectivity index (χ1n) is 10.7. The van der Waals surface area contributed by atoms with Crippen molar-refractivity contribution in [2.75, 3.05) is 39.3 Å². The molecular formula is C23H27ClN4O4. The molecule has 170 valence electrons. The number of esters is 1. The molecule has 0 bridgehead atoms. The van der Waals surface area contributed by atoms with E-state index < -0.39 is 12.0 Å². The molecule has 1 aromatic carbocycles. The van der Waals surface area contributed by atoms with Crippen LogP contribution in [0.25, 0.3) is 0 Å². The zero-order valence-electron chi connectivity index (χ0n) is 18.0. The maximum atomic E-state index is 12.8. The van der Waals surface area contributed by atoms with Crippen LogP contribution in [-0.2, 0) is 16.1 Å². The Morgan fingerprint density at radius 2 is 1.81 bits per heavy atom. The van der Waals surface area contributed by atoms with Gasteiger partial charge in [0.25, 0.3) is 0 Å². The van der Waals surface area contributed by atoms with Crippen LogP contribution in [0, 0.1) is 0 Å². The number of ether oxygens (including phenoxy) is 1. The maximum absolute atomic E-state index is 12.8. The van der Waals surface area contributed by atoms with Gasteiger partial charge < -0.3 is 19.8 Å². The molecule has 9 heteroatoms. The Hall–Kier alpha value is -2.81. The van der Waals surface area contributed by atoms with Gasteiger partial charge >= 0.3 is 12.0 Å². The summed E-state index contributed by atoms with van der Waals surface area (Å²) in [6.07, 6.45) is 1.52. The lowest BCUT2D eigenvalue weighted by molar-refractivity contribution is -0.139. The molecule has 0 aliphatic carbocycles. The second-order valence-electron chi connectivity index (χ2n) is 7.84. The molecule has 1 atom stereocenters. The molecule has 2 N–H and O–H groups in total. The SMILES string of the molecule is CCOC(=O)C1=C(CN2CCN(Cc3ccc(Cl)cc3)CC2)NC(=O)NC1c1ccco1. The van der Waals surface area contributed by atoms with Crippen molar-refractivity contribution >= 4 is 23.6 Å². The van der Waals surface area contributed by atoms with Gasteiger partial charge in [-0.2, -0.15) is 0 Å². The monoisotopic (exact) mass is 458 g/mol. The molecule has 1 fully saturated rings. The molecule has 0 radical (unpaired) electrons. The van der Waals surface area contributed by atoms with Crippen LogP contribution in [-0.4, -0.2) is 61.1 Å². The van der Waals surface area contributed by atoms with Crippen LogP contribution in [0.2, 0.25) is 5.02 Å². The highest BCUT2D eigenvalue weighted by Gasteiger charge is 2.36. The summed E-state index contributed by atoms with van der Waals surface area (Å²) < 4.78 is 10.8. The lowest BCUT2D eigenvalue weighted by Gasteiger charge is -2.36. The molecule has 3 heterocycles. The number of carbonyl (C=O) groups excluding carboxylic acids is 2. The molecule has 1 aromatic heterocycles. The number of halogens is 1. The average Bonchev–Trinajstić information content (AvgIpc) is 3.31. The highest BCUT2D eigenvalue weighted by Crippen LogP contribution is 2.28. The lowest BCUT2D eigenvalue weighted by atomic mass is 9.99. The average molecular weight is 459 g/mol. The minimum absolute atomic E-state index is 0.248. The number of nitrogens with one attached hydrogen (secondary N) is 2. The van der Waals surface area contributed by atoms with Gasteiger partial charge in [-0.1, -0.05) is 23.7 Å². The normalized spacial score (nSPS) is 20.1. The first-order chi connectivity index (χ1) is 15.5. The first kappa shape index (κ1) is 22.4. The number of benzene rings is 1. The Labute approximate surface area is 192 Å². The zero-order chi connectivity index (χ0) is 22.5. The number of furan rings is 1. The molecule has 4 rings (SSSR count). The maximum Gasteiger partial charge on any atom is 0.338 e. The van der Waals surface area contributed by atoms with E-state index in [2.05, 4.69) is 20.4 Å². The highest BCUT2D eigenvalue weighted by molar-refractivity contribution is 6.30. The highest BCUT2D eigenvalue weighted by atomic mass is 35.5. The summed E-state index contributed by atoms with van der Waals surface area (Å²) in [5.41, 5.74) is 2.16. The number of amides is 2. The minimum atomic E-state index is -0.681. The summed E-state index contributed by atoms with van der Waals surface area (Å²) in [7, 11) is 0. The number of hydrogen-bond donors (Lipinski definition) is 2. The molecule has 32 heavy (non-hydrogen) atoms. The minimum Gasteiger partial charge on any atom is -0.467 e. The van der Waals surface area contributed by atoms with Crippen molar-refractivity contribution in [3.63, 3.8) is 0 Å². The van der Waals surface area contributed by atoms with E-state index in [-0.39, 0.29) is 12.6 Å². The van der Waals surface area contributed by atoms with E-state index in [1.54, 1.807) is 19.1 Å². The topological polar surface area (TPSA) is 87.0 Å². The second kappa shape index (κ2) is 10.2. The quantitative estimate of drug-likeness (QED) is 0.620. The summed E-state index contributed by atoms with van der Waals surface area (Å²) in [4.78, 5) is 29.7. The van der Waals surface area contributed by atoms with Gasteiger partial charge in [-0.05, 0) is 36.8 Å². The van der Waals surface area contributed by atoms with Crippen LogP contribution in [0.4, 0.5) is 4.79 Å². The molecule has 1 saturated heterocycles. The summed E-state index contributed by atoms with van der Waals surface area (Å²) in [6.45, 7) is 6.74. The summed E-state index contributed by atoms with van der Waals surface area (Å²) in [5, 5.41) is 6.33. The molecule has 0 saturated carbocycles. The Balaban J connectivity index is 1.46. The molecule has 8 nitrogen and oxygen atoms in total. The summed E-state index contributed by atoms with van der Waals surface area (Å²) >= 11 is 5.98. The van der Waals surface area contributed by atoms with Crippen LogP contribution in [0.1, 0.15) is 24.3 Å². The number of rotatable bonds is 7. The molecule has 2 aromatic rings. The smallest absolute Gasteiger partial charge is 0.338 e. The van der Waals surface area contributed by atoms with Gasteiger partial charge in [-0.25, -0.2) is 9.59 Å². The van der Waals surface area contributed by atoms with Gasteiger partial charge in [0.05, 0.1) is 18.4 Å². The predicted molar refractivity (Wildman–Crippen MR) is 120 cm³/mol. The number of urea groups is 1. The van der Waals surface area contributed by atoms with Crippen molar-refractivity contribution in [2.45, 2.75) is 19.5 Å². The summed E-state index contributed by atoms with van der Waals surface area (Å²) in [5.74, 6) is 0.0333. The number of hydrogen-bond acceptors (Lipinski definition) is 6. The third kappa shape index (κ3) is 5.32. The molecule has 2 aliphatic heterocycles. The predicted octanol–water partition coefficient (Wildman–Crippen LogP) is 2.92. The second-order valence-corrected chi connectivity index (χ2v) is 8.27. The third-order valence-corrected chi connectivity index (χ3v) is 5.89. The van der Waals surface area contributed by atoms with Crippen molar-refractivity contribution in [3.8, 4) is 0 Å². The first-order valence-corrected chi connectivity index (χ1v) is 11.1. The van der Waals surface area contributed by atoms with E-state index in [1.165, 1.54) is 11.8 Å². The Morgan fingerprint density at radius 3 is 2.44 bits per heavy atom. The number of piperazine rings is 1. The Morgan fingerprint density at radius 1 is 1.12 bits per heavy atom. The van der Waals surface area contributed by atoms with Gasteiger partial charge in [-0.3, -0.25) is 9.80 Å². The van der Waals surface area contributed by atoms with E-state index in [0.717, 1.165) is 37.7 Å². The van der Waals surface area contributed by atoms with Gasteiger partial charge in [0.2, 0.25) is 0 Å². The third-order valence-electron chi connectivity index (χ3n) is 5.64. The van der Waals surface area contributed by atoms with Crippen LogP contribution in [0.3, 0.4) is 0 Å². The van der Waals surface area contributed by atoms with Crippen LogP contribution in [0.15, 0.2) is 58.3 Å². The molecule has 0 spiro atoms.